The van der Waals surface area contributed by atoms with E-state index in [0.717, 1.165) is 0 Å². The Balaban J connectivity index is 1.50. The number of carbonyl (C=O) groups is 4. The van der Waals surface area contributed by atoms with Crippen molar-refractivity contribution < 1.29 is 23.9 Å². The lowest BCUT2D eigenvalue weighted by Crippen LogP contribution is -2.62. The minimum atomic E-state index is -0.804. The Morgan fingerprint density at radius 3 is 2.61 bits per heavy atom. The zero-order chi connectivity index (χ0) is 23.8. The fourth-order valence-corrected chi connectivity index (χ4v) is 4.55. The van der Waals surface area contributed by atoms with Gasteiger partial charge in [0.2, 0.25) is 17.7 Å². The van der Waals surface area contributed by atoms with Gasteiger partial charge in [0.05, 0.1) is 24.0 Å². The molecule has 2 aliphatic heterocycles. The Kier molecular flexibility index (Phi) is 5.80. The number of hydrogen-bond donors (Lipinski definition) is 2. The number of benzene rings is 2. The van der Waals surface area contributed by atoms with Gasteiger partial charge in [-0.15, -0.1) is 0 Å². The van der Waals surface area contributed by atoms with Crippen molar-refractivity contribution in [2.45, 2.75) is 38.8 Å². The third-order valence-corrected chi connectivity index (χ3v) is 6.10. The van der Waals surface area contributed by atoms with E-state index in [4.69, 9.17) is 4.74 Å². The molecule has 0 radical (unpaired) electrons. The molecular weight excluding hydrogens is 424 g/mol. The molecule has 33 heavy (non-hydrogen) atoms. The Morgan fingerprint density at radius 2 is 1.88 bits per heavy atom. The van der Waals surface area contributed by atoms with Crippen LogP contribution in [0, 0.1) is 0 Å². The van der Waals surface area contributed by atoms with Gasteiger partial charge in [-0.2, -0.15) is 0 Å². The van der Waals surface area contributed by atoms with Crippen molar-refractivity contribution in [3.63, 3.8) is 0 Å². The standard InChI is InChI=1S/C24H26N4O5/c1-15(29)25-18-14-16(8-9-20(18)33-3)26-21(30)11-13-27-23(32)17-6-4-5-7-19(17)28-22(31)10-12-24(27,28)2/h4-9,14H,10-13H2,1-3H3,(H,25,29)(H,26,30). The molecule has 4 rings (SSSR count). The fourth-order valence-electron chi connectivity index (χ4n) is 4.55. The number of amides is 4. The number of anilines is 3. The largest absolute Gasteiger partial charge is 0.495 e. The van der Waals surface area contributed by atoms with Crippen molar-refractivity contribution >= 4 is 40.7 Å². The van der Waals surface area contributed by atoms with Gasteiger partial charge in [0.1, 0.15) is 11.4 Å². The van der Waals surface area contributed by atoms with Crippen LogP contribution in [0.25, 0.3) is 0 Å². The third kappa shape index (κ3) is 4.02. The number of nitrogens with one attached hydrogen (secondary N) is 2. The van der Waals surface area contributed by atoms with E-state index in [9.17, 15) is 19.2 Å². The second-order valence-corrected chi connectivity index (χ2v) is 8.31. The molecule has 0 saturated carbocycles. The molecule has 2 heterocycles. The highest BCUT2D eigenvalue weighted by Gasteiger charge is 2.52. The van der Waals surface area contributed by atoms with Crippen LogP contribution < -0.4 is 20.3 Å². The van der Waals surface area contributed by atoms with E-state index in [1.807, 2.05) is 13.0 Å². The molecule has 2 aromatic rings. The number of fused-ring (bicyclic) bond motifs is 3. The number of hydrogen-bond acceptors (Lipinski definition) is 5. The van der Waals surface area contributed by atoms with Crippen LogP contribution in [-0.2, 0) is 14.4 Å². The Morgan fingerprint density at radius 1 is 1.12 bits per heavy atom. The summed E-state index contributed by atoms with van der Waals surface area (Å²) in [5.41, 5.74) is 1.21. The van der Waals surface area contributed by atoms with E-state index in [1.54, 1.807) is 46.2 Å². The first kappa shape index (κ1) is 22.3. The van der Waals surface area contributed by atoms with Gasteiger partial charge in [0.15, 0.2) is 0 Å². The zero-order valence-corrected chi connectivity index (χ0v) is 18.8. The molecule has 172 valence electrons. The van der Waals surface area contributed by atoms with E-state index >= 15 is 0 Å². The number of methoxy groups -OCH3 is 1. The minimum Gasteiger partial charge on any atom is -0.495 e. The summed E-state index contributed by atoms with van der Waals surface area (Å²) in [6, 6.07) is 12.0. The van der Waals surface area contributed by atoms with Crippen LogP contribution in [0.2, 0.25) is 0 Å². The van der Waals surface area contributed by atoms with Crippen molar-refractivity contribution in [1.29, 1.82) is 0 Å². The second kappa shape index (κ2) is 8.57. The fraction of sp³-hybridized carbons (Fsp3) is 0.333. The minimum absolute atomic E-state index is 0.0318. The van der Waals surface area contributed by atoms with Crippen molar-refractivity contribution in [3.05, 3.63) is 48.0 Å². The number of rotatable bonds is 6. The summed E-state index contributed by atoms with van der Waals surface area (Å²) in [6.45, 7) is 3.41. The van der Waals surface area contributed by atoms with Crippen LogP contribution in [0.4, 0.5) is 17.1 Å². The maximum absolute atomic E-state index is 13.3. The molecule has 0 aromatic heterocycles. The summed E-state index contributed by atoms with van der Waals surface area (Å²) >= 11 is 0. The van der Waals surface area contributed by atoms with Crippen LogP contribution >= 0.6 is 0 Å². The molecule has 9 nitrogen and oxygen atoms in total. The quantitative estimate of drug-likeness (QED) is 0.704. The summed E-state index contributed by atoms with van der Waals surface area (Å²) < 4.78 is 5.23. The summed E-state index contributed by atoms with van der Waals surface area (Å²) in [5.74, 6) is -0.302. The maximum Gasteiger partial charge on any atom is 0.257 e. The van der Waals surface area contributed by atoms with Crippen LogP contribution in [0.5, 0.6) is 5.75 Å². The monoisotopic (exact) mass is 450 g/mol. The van der Waals surface area contributed by atoms with E-state index in [1.165, 1.54) is 14.0 Å². The highest BCUT2D eigenvalue weighted by atomic mass is 16.5. The summed E-state index contributed by atoms with van der Waals surface area (Å²) in [7, 11) is 1.49. The summed E-state index contributed by atoms with van der Waals surface area (Å²) in [4.78, 5) is 53.3. The maximum atomic E-state index is 13.3. The van der Waals surface area contributed by atoms with Gasteiger partial charge in [-0.05, 0) is 43.7 Å². The normalized spacial score (nSPS) is 19.1. The molecule has 1 saturated heterocycles. The van der Waals surface area contributed by atoms with Crippen molar-refractivity contribution in [2.75, 3.05) is 29.2 Å². The number of carbonyl (C=O) groups excluding carboxylic acids is 4. The van der Waals surface area contributed by atoms with Gasteiger partial charge in [-0.3, -0.25) is 24.1 Å². The Labute approximate surface area is 191 Å². The summed E-state index contributed by atoms with van der Waals surface area (Å²) in [5, 5.41) is 5.46. The predicted octanol–water partition coefficient (Wildman–Crippen LogP) is 2.98. The van der Waals surface area contributed by atoms with Gasteiger partial charge in [0, 0.05) is 32.0 Å². The third-order valence-electron chi connectivity index (χ3n) is 6.10. The molecule has 9 heteroatoms. The predicted molar refractivity (Wildman–Crippen MR) is 123 cm³/mol. The van der Waals surface area contributed by atoms with Gasteiger partial charge >= 0.3 is 0 Å². The molecule has 1 atom stereocenters. The van der Waals surface area contributed by atoms with Crippen LogP contribution in [0.15, 0.2) is 42.5 Å². The van der Waals surface area contributed by atoms with Crippen molar-refractivity contribution in [2.24, 2.45) is 0 Å². The molecule has 0 bridgehead atoms. The zero-order valence-electron chi connectivity index (χ0n) is 18.8. The van der Waals surface area contributed by atoms with Crippen LogP contribution in [0.3, 0.4) is 0 Å². The molecule has 4 amide bonds. The van der Waals surface area contributed by atoms with Crippen LogP contribution in [0.1, 0.15) is 43.5 Å². The first-order chi connectivity index (χ1) is 15.7. The highest BCUT2D eigenvalue weighted by Crippen LogP contribution is 2.44. The van der Waals surface area contributed by atoms with Crippen molar-refractivity contribution in [1.82, 2.24) is 4.90 Å². The molecule has 2 N–H and O–H groups in total. The van der Waals surface area contributed by atoms with Gasteiger partial charge in [0.25, 0.3) is 5.91 Å². The lowest BCUT2D eigenvalue weighted by Gasteiger charge is -2.48. The van der Waals surface area contributed by atoms with Gasteiger partial charge in [-0.1, -0.05) is 12.1 Å². The van der Waals surface area contributed by atoms with Gasteiger partial charge < -0.3 is 20.3 Å². The average Bonchev–Trinajstić information content (AvgIpc) is 3.08. The Hall–Kier alpha value is -3.88. The number of ether oxygens (including phenoxy) is 1. The number of para-hydroxylation sites is 1. The van der Waals surface area contributed by atoms with E-state index in [0.29, 0.717) is 41.2 Å². The summed E-state index contributed by atoms with van der Waals surface area (Å²) in [6.07, 6.45) is 0.900. The molecule has 2 aliphatic rings. The Bertz CT molecular complexity index is 1150. The first-order valence-electron chi connectivity index (χ1n) is 10.7. The number of nitrogens with zero attached hydrogens (tertiary/aromatic N) is 2. The topological polar surface area (TPSA) is 108 Å². The first-order valence-corrected chi connectivity index (χ1v) is 10.7. The van der Waals surface area contributed by atoms with Crippen LogP contribution in [-0.4, -0.2) is 47.8 Å². The highest BCUT2D eigenvalue weighted by molar-refractivity contribution is 6.10. The average molecular weight is 450 g/mol. The lowest BCUT2D eigenvalue weighted by molar-refractivity contribution is -0.118. The molecule has 2 aromatic carbocycles. The SMILES string of the molecule is COc1ccc(NC(=O)CCN2C(=O)c3ccccc3N3C(=O)CCC23C)cc1NC(C)=O. The molecule has 0 aliphatic carbocycles. The van der Waals surface area contributed by atoms with E-state index in [-0.39, 0.29) is 36.6 Å². The lowest BCUT2D eigenvalue weighted by atomic mass is 9.98. The van der Waals surface area contributed by atoms with Gasteiger partial charge in [-0.25, -0.2) is 0 Å². The van der Waals surface area contributed by atoms with E-state index in [2.05, 4.69) is 10.6 Å². The molecule has 0 spiro atoms. The molecule has 1 fully saturated rings. The smallest absolute Gasteiger partial charge is 0.257 e. The molecule has 1 unspecified atom stereocenters. The van der Waals surface area contributed by atoms with Crippen molar-refractivity contribution in [3.8, 4) is 5.75 Å². The van der Waals surface area contributed by atoms with E-state index < -0.39 is 5.66 Å². The molecular formula is C24H26N4O5. The second-order valence-electron chi connectivity index (χ2n) is 8.31.